The first kappa shape index (κ1) is 12.2. The molecule has 5 nitrogen and oxygen atoms in total. The van der Waals surface area contributed by atoms with E-state index in [9.17, 15) is 9.59 Å². The monoisotopic (exact) mass is 240 g/mol. The summed E-state index contributed by atoms with van der Waals surface area (Å²) in [7, 11) is 0. The van der Waals surface area contributed by atoms with Gasteiger partial charge in [0.15, 0.2) is 0 Å². The van der Waals surface area contributed by atoms with Crippen LogP contribution >= 0.6 is 0 Å². The van der Waals surface area contributed by atoms with E-state index >= 15 is 0 Å². The number of carbonyl (C=O) groups is 2. The van der Waals surface area contributed by atoms with Crippen molar-refractivity contribution in [3.63, 3.8) is 0 Å². The van der Waals surface area contributed by atoms with Gasteiger partial charge >= 0.3 is 12.0 Å². The predicted octanol–water partition coefficient (Wildman–Crippen LogP) is 1.29. The number of carbonyl (C=O) groups excluding carboxylic acids is 1. The molecule has 0 aromatic heterocycles. The van der Waals surface area contributed by atoms with Crippen LogP contribution < -0.4 is 5.32 Å². The maximum absolute atomic E-state index is 11.9. The average molecular weight is 240 g/mol. The summed E-state index contributed by atoms with van der Waals surface area (Å²) in [6.07, 6.45) is 3.80. The van der Waals surface area contributed by atoms with Crippen molar-refractivity contribution in [2.24, 2.45) is 11.3 Å². The van der Waals surface area contributed by atoms with E-state index in [4.69, 9.17) is 5.11 Å². The quantitative estimate of drug-likeness (QED) is 0.781. The third-order valence-corrected chi connectivity index (χ3v) is 3.83. The minimum atomic E-state index is -0.795. The van der Waals surface area contributed by atoms with Gasteiger partial charge < -0.3 is 15.3 Å². The van der Waals surface area contributed by atoms with Gasteiger partial charge in [0.25, 0.3) is 0 Å². The standard InChI is InChI=1S/C12H20N2O3/c1-12(4-5-12)8-13-11(17)14-6-2-3-9(7-14)10(15)16/h9H,2-8H2,1H3,(H,13,17)(H,15,16). The Balaban J connectivity index is 1.79. The lowest BCUT2D eigenvalue weighted by atomic mass is 9.99. The van der Waals surface area contributed by atoms with E-state index in [1.807, 2.05) is 0 Å². The smallest absolute Gasteiger partial charge is 0.317 e. The van der Waals surface area contributed by atoms with Gasteiger partial charge in [0.2, 0.25) is 0 Å². The lowest BCUT2D eigenvalue weighted by Crippen LogP contribution is -2.48. The Kier molecular flexibility index (Phi) is 3.26. The average Bonchev–Trinajstić information content (AvgIpc) is 3.05. The van der Waals surface area contributed by atoms with Gasteiger partial charge in [0, 0.05) is 19.6 Å². The summed E-state index contributed by atoms with van der Waals surface area (Å²) in [5, 5.41) is 11.9. The fourth-order valence-corrected chi connectivity index (χ4v) is 2.15. The van der Waals surface area contributed by atoms with Crippen molar-refractivity contribution < 1.29 is 14.7 Å². The molecule has 2 fully saturated rings. The van der Waals surface area contributed by atoms with Crippen LogP contribution in [0.15, 0.2) is 0 Å². The summed E-state index contributed by atoms with van der Waals surface area (Å²) in [5.41, 5.74) is 0.289. The number of hydrogen-bond donors (Lipinski definition) is 2. The number of nitrogens with zero attached hydrogens (tertiary/aromatic N) is 1. The number of urea groups is 1. The van der Waals surface area contributed by atoms with Gasteiger partial charge in [-0.1, -0.05) is 6.92 Å². The van der Waals surface area contributed by atoms with Crippen LogP contribution in [0.1, 0.15) is 32.6 Å². The molecule has 2 N–H and O–H groups in total. The van der Waals surface area contributed by atoms with Crippen LogP contribution in [0.25, 0.3) is 0 Å². The maximum Gasteiger partial charge on any atom is 0.317 e. The maximum atomic E-state index is 11.9. The van der Waals surface area contributed by atoms with Crippen LogP contribution in [0.5, 0.6) is 0 Å². The molecule has 1 aliphatic carbocycles. The van der Waals surface area contributed by atoms with Gasteiger partial charge in [-0.2, -0.15) is 0 Å². The highest BCUT2D eigenvalue weighted by atomic mass is 16.4. The first-order chi connectivity index (χ1) is 8.00. The highest BCUT2D eigenvalue weighted by Crippen LogP contribution is 2.44. The van der Waals surface area contributed by atoms with E-state index in [1.165, 1.54) is 12.8 Å². The number of likely N-dealkylation sites (tertiary alicyclic amines) is 1. The highest BCUT2D eigenvalue weighted by molar-refractivity contribution is 5.76. The van der Waals surface area contributed by atoms with Crippen LogP contribution in [0, 0.1) is 11.3 Å². The third-order valence-electron chi connectivity index (χ3n) is 3.83. The predicted molar refractivity (Wildman–Crippen MR) is 62.7 cm³/mol. The lowest BCUT2D eigenvalue weighted by Gasteiger charge is -2.31. The molecular formula is C12H20N2O3. The molecule has 1 atom stereocenters. The molecule has 5 heteroatoms. The number of amides is 2. The Morgan fingerprint density at radius 2 is 2.18 bits per heavy atom. The number of carboxylic acids is 1. The molecule has 2 rings (SSSR count). The normalized spacial score (nSPS) is 26.4. The number of hydrogen-bond acceptors (Lipinski definition) is 2. The van der Waals surface area contributed by atoms with Gasteiger partial charge in [-0.15, -0.1) is 0 Å². The fourth-order valence-electron chi connectivity index (χ4n) is 2.15. The lowest BCUT2D eigenvalue weighted by molar-refractivity contribution is -0.143. The van der Waals surface area contributed by atoms with Crippen molar-refractivity contribution in [2.75, 3.05) is 19.6 Å². The molecule has 2 aliphatic rings. The van der Waals surface area contributed by atoms with Gasteiger partial charge in [-0.05, 0) is 31.1 Å². The second kappa shape index (κ2) is 4.55. The zero-order valence-corrected chi connectivity index (χ0v) is 10.2. The van der Waals surface area contributed by atoms with Gasteiger partial charge in [0.05, 0.1) is 5.92 Å². The molecule has 1 aliphatic heterocycles. The third kappa shape index (κ3) is 3.11. The Bertz CT molecular complexity index is 326. The van der Waals surface area contributed by atoms with Gasteiger partial charge in [0.1, 0.15) is 0 Å². The summed E-state index contributed by atoms with van der Waals surface area (Å²) in [6.45, 7) is 3.88. The molecule has 0 aromatic rings. The molecule has 0 aromatic carbocycles. The van der Waals surface area contributed by atoms with Crippen molar-refractivity contribution >= 4 is 12.0 Å². The summed E-state index contributed by atoms with van der Waals surface area (Å²) in [4.78, 5) is 24.4. The van der Waals surface area contributed by atoms with Crippen LogP contribution in [-0.4, -0.2) is 41.6 Å². The number of aliphatic carboxylic acids is 1. The Morgan fingerprint density at radius 3 is 2.76 bits per heavy atom. The first-order valence-electron chi connectivity index (χ1n) is 6.26. The first-order valence-corrected chi connectivity index (χ1v) is 6.26. The Morgan fingerprint density at radius 1 is 1.47 bits per heavy atom. The highest BCUT2D eigenvalue weighted by Gasteiger charge is 2.38. The van der Waals surface area contributed by atoms with E-state index in [0.29, 0.717) is 26.1 Å². The van der Waals surface area contributed by atoms with Crippen molar-refractivity contribution in [3.05, 3.63) is 0 Å². The van der Waals surface area contributed by atoms with Crippen LogP contribution in [0.4, 0.5) is 4.79 Å². The topological polar surface area (TPSA) is 69.6 Å². The van der Waals surface area contributed by atoms with E-state index in [2.05, 4.69) is 12.2 Å². The zero-order chi connectivity index (χ0) is 12.5. The zero-order valence-electron chi connectivity index (χ0n) is 10.2. The summed E-state index contributed by atoms with van der Waals surface area (Å²) in [6, 6.07) is -0.107. The molecule has 0 spiro atoms. The SMILES string of the molecule is CC1(CNC(=O)N2CCCC(C(=O)O)C2)CC1. The van der Waals surface area contributed by atoms with Crippen molar-refractivity contribution in [2.45, 2.75) is 32.6 Å². The molecule has 0 bridgehead atoms. The molecule has 96 valence electrons. The van der Waals surface area contributed by atoms with Crippen molar-refractivity contribution in [3.8, 4) is 0 Å². The molecule has 1 unspecified atom stereocenters. The van der Waals surface area contributed by atoms with Crippen LogP contribution in [0.3, 0.4) is 0 Å². The van der Waals surface area contributed by atoms with Crippen molar-refractivity contribution in [1.82, 2.24) is 10.2 Å². The van der Waals surface area contributed by atoms with E-state index in [0.717, 1.165) is 6.42 Å². The minimum Gasteiger partial charge on any atom is -0.481 e. The summed E-state index contributed by atoms with van der Waals surface area (Å²) >= 11 is 0. The van der Waals surface area contributed by atoms with E-state index < -0.39 is 11.9 Å². The van der Waals surface area contributed by atoms with Crippen LogP contribution in [-0.2, 0) is 4.79 Å². The number of nitrogens with one attached hydrogen (secondary N) is 1. The van der Waals surface area contributed by atoms with Gasteiger partial charge in [-0.3, -0.25) is 4.79 Å². The minimum absolute atomic E-state index is 0.107. The molecule has 2 amide bonds. The van der Waals surface area contributed by atoms with Gasteiger partial charge in [-0.25, -0.2) is 4.79 Å². The largest absolute Gasteiger partial charge is 0.481 e. The molecule has 0 radical (unpaired) electrons. The van der Waals surface area contributed by atoms with E-state index in [-0.39, 0.29) is 11.4 Å². The Hall–Kier alpha value is -1.26. The Labute approximate surface area is 101 Å². The second-order valence-corrected chi connectivity index (χ2v) is 5.59. The molecule has 17 heavy (non-hydrogen) atoms. The second-order valence-electron chi connectivity index (χ2n) is 5.59. The molecular weight excluding hydrogens is 220 g/mol. The molecule has 1 saturated carbocycles. The molecule has 1 heterocycles. The number of rotatable bonds is 3. The van der Waals surface area contributed by atoms with Crippen LogP contribution in [0.2, 0.25) is 0 Å². The number of piperidine rings is 1. The fraction of sp³-hybridized carbons (Fsp3) is 0.833. The summed E-state index contributed by atoms with van der Waals surface area (Å²) in [5.74, 6) is -1.19. The summed E-state index contributed by atoms with van der Waals surface area (Å²) < 4.78 is 0. The number of carboxylic acid groups (broad SMARTS) is 1. The van der Waals surface area contributed by atoms with E-state index in [1.54, 1.807) is 4.90 Å². The molecule has 1 saturated heterocycles. The van der Waals surface area contributed by atoms with Crippen molar-refractivity contribution in [1.29, 1.82) is 0 Å².